The van der Waals surface area contributed by atoms with Crippen LogP contribution in [0, 0.1) is 18.8 Å². The Bertz CT molecular complexity index is 976. The Balaban J connectivity index is 1.70. The second-order valence-electron chi connectivity index (χ2n) is 7.25. The van der Waals surface area contributed by atoms with E-state index >= 15 is 0 Å². The van der Waals surface area contributed by atoms with E-state index in [1.807, 2.05) is 26.0 Å². The molecule has 1 aromatic heterocycles. The van der Waals surface area contributed by atoms with Crippen LogP contribution in [-0.4, -0.2) is 28.0 Å². The molecule has 6 nitrogen and oxygen atoms in total. The monoisotopic (exact) mass is 402 g/mol. The third-order valence-electron chi connectivity index (χ3n) is 5.55. The molecule has 4 atom stereocenters. The normalized spacial score (nSPS) is 36.1. The number of fused-ring (bicyclic) bond motifs is 6. The van der Waals surface area contributed by atoms with E-state index in [-0.39, 0.29) is 11.8 Å². The fourth-order valence-corrected chi connectivity index (χ4v) is 4.92. The van der Waals surface area contributed by atoms with Crippen molar-refractivity contribution < 1.29 is 18.7 Å². The Morgan fingerprint density at radius 1 is 1.12 bits per heavy atom. The van der Waals surface area contributed by atoms with Gasteiger partial charge in [0.15, 0.2) is 11.5 Å². The Hall–Kier alpha value is -1.99. The van der Waals surface area contributed by atoms with Crippen molar-refractivity contribution in [1.82, 2.24) is 4.98 Å². The molecule has 3 aliphatic rings. The summed E-state index contributed by atoms with van der Waals surface area (Å²) in [4.78, 5) is 32.0. The summed E-state index contributed by atoms with van der Waals surface area (Å²) in [5, 5.41) is 0. The molecule has 2 fully saturated rings. The van der Waals surface area contributed by atoms with Gasteiger partial charge in [0.1, 0.15) is 5.52 Å². The lowest BCUT2D eigenvalue weighted by Crippen LogP contribution is -2.39. The van der Waals surface area contributed by atoms with Crippen molar-refractivity contribution in [1.29, 1.82) is 0 Å². The number of aryl methyl sites for hydroxylation is 1. The number of carbonyl (C=O) groups is 2. The Morgan fingerprint density at radius 2 is 1.72 bits per heavy atom. The summed E-state index contributed by atoms with van der Waals surface area (Å²) in [6, 6.07) is 3.50. The molecule has 2 aromatic rings. The highest BCUT2D eigenvalue weighted by Gasteiger charge is 2.70. The van der Waals surface area contributed by atoms with E-state index in [1.165, 1.54) is 4.90 Å². The van der Waals surface area contributed by atoms with E-state index in [9.17, 15) is 9.59 Å². The number of rotatable bonds is 1. The first-order chi connectivity index (χ1) is 11.8. The first-order valence-electron chi connectivity index (χ1n) is 8.09. The highest BCUT2D eigenvalue weighted by molar-refractivity contribution is 9.10. The minimum Gasteiger partial charge on any atom is -0.440 e. The maximum Gasteiger partial charge on any atom is 0.241 e. The molecule has 2 amide bonds. The minimum atomic E-state index is -0.741. The van der Waals surface area contributed by atoms with Gasteiger partial charge in [-0.15, -0.1) is 0 Å². The lowest BCUT2D eigenvalue weighted by atomic mass is 9.73. The predicted molar refractivity (Wildman–Crippen MR) is 93.0 cm³/mol. The van der Waals surface area contributed by atoms with Crippen LogP contribution in [0.3, 0.4) is 0 Å². The van der Waals surface area contributed by atoms with E-state index < -0.39 is 23.0 Å². The quantitative estimate of drug-likeness (QED) is 0.541. The first kappa shape index (κ1) is 15.3. The van der Waals surface area contributed by atoms with E-state index in [1.54, 1.807) is 19.1 Å². The summed E-state index contributed by atoms with van der Waals surface area (Å²) in [6.45, 7) is 5.47. The maximum atomic E-state index is 13.2. The SMILES string of the molecule is Cc1nc2c(N3C(=O)C4[C@H](C3=O)C3(C)C=CC4(C)O3)ccc(Br)c2o1. The molecule has 0 spiro atoms. The number of oxazole rings is 1. The highest BCUT2D eigenvalue weighted by Crippen LogP contribution is 2.57. The largest absolute Gasteiger partial charge is 0.440 e. The summed E-state index contributed by atoms with van der Waals surface area (Å²) in [6.07, 6.45) is 3.81. The van der Waals surface area contributed by atoms with E-state index in [2.05, 4.69) is 20.9 Å². The molecule has 0 radical (unpaired) electrons. The van der Waals surface area contributed by atoms with Gasteiger partial charge in [-0.25, -0.2) is 9.88 Å². The van der Waals surface area contributed by atoms with Crippen LogP contribution in [0.5, 0.6) is 0 Å². The van der Waals surface area contributed by atoms with E-state index in [0.29, 0.717) is 22.7 Å². The number of benzene rings is 1. The zero-order valence-corrected chi connectivity index (χ0v) is 15.5. The Kier molecular flexibility index (Phi) is 2.69. The van der Waals surface area contributed by atoms with Crippen molar-refractivity contribution in [3.8, 4) is 0 Å². The van der Waals surface area contributed by atoms with Crippen LogP contribution in [0.2, 0.25) is 0 Å². The lowest BCUT2D eigenvalue weighted by Gasteiger charge is -2.25. The van der Waals surface area contributed by atoms with Crippen molar-refractivity contribution in [3.05, 3.63) is 34.6 Å². The molecule has 25 heavy (non-hydrogen) atoms. The van der Waals surface area contributed by atoms with Gasteiger partial charge >= 0.3 is 0 Å². The fraction of sp³-hybridized carbons (Fsp3) is 0.389. The zero-order chi connectivity index (χ0) is 17.7. The number of nitrogens with zero attached hydrogens (tertiary/aromatic N) is 2. The molecule has 7 heteroatoms. The summed E-state index contributed by atoms with van der Waals surface area (Å²) < 4.78 is 12.4. The highest BCUT2D eigenvalue weighted by atomic mass is 79.9. The van der Waals surface area contributed by atoms with Gasteiger partial charge in [0, 0.05) is 6.92 Å². The van der Waals surface area contributed by atoms with Gasteiger partial charge in [-0.3, -0.25) is 9.59 Å². The summed E-state index contributed by atoms with van der Waals surface area (Å²) in [5.41, 5.74) is 0.0168. The molecule has 128 valence electrons. The third-order valence-corrected chi connectivity index (χ3v) is 6.17. The van der Waals surface area contributed by atoms with Crippen molar-refractivity contribution >= 4 is 44.5 Å². The molecular formula is C18H15BrN2O4. The van der Waals surface area contributed by atoms with Gasteiger partial charge < -0.3 is 9.15 Å². The zero-order valence-electron chi connectivity index (χ0n) is 13.9. The summed E-state index contributed by atoms with van der Waals surface area (Å²) in [7, 11) is 0. The smallest absolute Gasteiger partial charge is 0.241 e. The van der Waals surface area contributed by atoms with Crippen LogP contribution in [0.4, 0.5) is 5.69 Å². The van der Waals surface area contributed by atoms with Crippen LogP contribution in [0.1, 0.15) is 19.7 Å². The average Bonchev–Trinajstić information content (AvgIpc) is 3.21. The van der Waals surface area contributed by atoms with Crippen LogP contribution < -0.4 is 4.90 Å². The van der Waals surface area contributed by atoms with Crippen molar-refractivity contribution in [2.45, 2.75) is 32.0 Å². The van der Waals surface area contributed by atoms with Gasteiger partial charge in [-0.05, 0) is 41.9 Å². The summed E-state index contributed by atoms with van der Waals surface area (Å²) >= 11 is 3.43. The van der Waals surface area contributed by atoms with Gasteiger partial charge in [0.2, 0.25) is 11.8 Å². The molecule has 5 rings (SSSR count). The number of hydrogen-bond donors (Lipinski definition) is 0. The van der Waals surface area contributed by atoms with Gasteiger partial charge in [-0.2, -0.15) is 0 Å². The molecule has 3 unspecified atom stereocenters. The molecule has 1 aromatic carbocycles. The minimum absolute atomic E-state index is 0.241. The Labute approximate surface area is 151 Å². The van der Waals surface area contributed by atoms with Crippen LogP contribution >= 0.6 is 15.9 Å². The van der Waals surface area contributed by atoms with Gasteiger partial charge in [0.25, 0.3) is 0 Å². The lowest BCUT2D eigenvalue weighted by molar-refractivity contribution is -0.128. The van der Waals surface area contributed by atoms with Gasteiger partial charge in [-0.1, -0.05) is 12.2 Å². The number of anilines is 1. The molecule has 0 saturated carbocycles. The standard InChI is InChI=1S/C18H15BrN2O4/c1-8-20-13-10(5-4-9(19)14(13)24-8)21-15(22)11-12(16(21)23)18(3)7-6-17(11,2)25-18/h4-7,11-12H,1-3H3/t11-,12?,17?,18?/m1/s1. The van der Waals surface area contributed by atoms with Crippen molar-refractivity contribution in [2.75, 3.05) is 4.90 Å². The second-order valence-corrected chi connectivity index (χ2v) is 8.10. The Morgan fingerprint density at radius 3 is 2.32 bits per heavy atom. The maximum absolute atomic E-state index is 13.2. The molecule has 0 N–H and O–H groups in total. The number of hydrogen-bond acceptors (Lipinski definition) is 5. The third kappa shape index (κ3) is 1.70. The second kappa shape index (κ2) is 4.40. The predicted octanol–water partition coefficient (Wildman–Crippen LogP) is 3.12. The number of halogens is 1. The van der Waals surface area contributed by atoms with E-state index in [0.717, 1.165) is 4.47 Å². The molecule has 4 heterocycles. The summed E-state index contributed by atoms with van der Waals surface area (Å²) in [5.74, 6) is -1.03. The van der Waals surface area contributed by atoms with E-state index in [4.69, 9.17) is 9.15 Å². The molecule has 2 bridgehead atoms. The number of amides is 2. The number of aromatic nitrogens is 1. The van der Waals surface area contributed by atoms with Gasteiger partial charge in [0.05, 0.1) is 33.2 Å². The number of carbonyl (C=O) groups excluding carboxylic acids is 2. The van der Waals surface area contributed by atoms with Crippen LogP contribution in [0.25, 0.3) is 11.1 Å². The molecular weight excluding hydrogens is 388 g/mol. The van der Waals surface area contributed by atoms with Crippen LogP contribution in [-0.2, 0) is 14.3 Å². The van der Waals surface area contributed by atoms with Crippen molar-refractivity contribution in [2.24, 2.45) is 11.8 Å². The first-order valence-corrected chi connectivity index (χ1v) is 8.88. The topological polar surface area (TPSA) is 72.6 Å². The number of imide groups is 1. The number of ether oxygens (including phenoxy) is 1. The average molecular weight is 403 g/mol. The van der Waals surface area contributed by atoms with Crippen molar-refractivity contribution in [3.63, 3.8) is 0 Å². The fourth-order valence-electron chi connectivity index (χ4n) is 4.52. The molecule has 0 aliphatic carbocycles. The molecule has 3 aliphatic heterocycles. The molecule has 2 saturated heterocycles. The van der Waals surface area contributed by atoms with Crippen LogP contribution in [0.15, 0.2) is 33.2 Å².